The van der Waals surface area contributed by atoms with Crippen molar-refractivity contribution in [3.8, 4) is 0 Å². The maximum atomic E-state index is 12.6. The second kappa shape index (κ2) is 5.28. The van der Waals surface area contributed by atoms with Gasteiger partial charge in [-0.15, -0.1) is 0 Å². The lowest BCUT2D eigenvalue weighted by Crippen LogP contribution is -2.24. The molecule has 1 heterocycles. The monoisotopic (exact) mass is 284 g/mol. The van der Waals surface area contributed by atoms with Crippen LogP contribution in [0.4, 0.5) is 18.9 Å². The number of carbonyl (C=O) groups is 1. The summed E-state index contributed by atoms with van der Waals surface area (Å²) in [7, 11) is 0. The fourth-order valence-corrected chi connectivity index (χ4v) is 1.60. The van der Waals surface area contributed by atoms with E-state index in [-0.39, 0.29) is 17.8 Å². The molecule has 1 aromatic carbocycles. The Bertz CT molecular complexity index is 607. The van der Waals surface area contributed by atoms with Gasteiger partial charge < -0.3 is 15.5 Å². The molecular formula is C13H11F3N2O2. The molecule has 0 aliphatic carbocycles. The largest absolute Gasteiger partial charge is 0.472 e. The summed E-state index contributed by atoms with van der Waals surface area (Å²) in [6, 6.07) is 4.27. The maximum absolute atomic E-state index is 12.6. The number of anilines is 1. The molecule has 4 nitrogen and oxygen atoms in total. The van der Waals surface area contributed by atoms with Gasteiger partial charge in [0.25, 0.3) is 5.91 Å². The average Bonchev–Trinajstić information content (AvgIpc) is 2.88. The van der Waals surface area contributed by atoms with Gasteiger partial charge in [-0.2, -0.15) is 13.2 Å². The molecule has 1 amide bonds. The number of nitrogens with one attached hydrogen (secondary N) is 1. The number of amides is 1. The van der Waals surface area contributed by atoms with E-state index in [1.807, 2.05) is 0 Å². The van der Waals surface area contributed by atoms with Crippen molar-refractivity contribution in [2.75, 3.05) is 5.73 Å². The highest BCUT2D eigenvalue weighted by Crippen LogP contribution is 2.31. The van der Waals surface area contributed by atoms with E-state index in [1.54, 1.807) is 6.07 Å². The molecule has 0 fully saturated rings. The van der Waals surface area contributed by atoms with Gasteiger partial charge in [-0.1, -0.05) is 0 Å². The Morgan fingerprint density at radius 3 is 2.65 bits per heavy atom. The summed E-state index contributed by atoms with van der Waals surface area (Å²) in [6.07, 6.45) is -1.66. The molecule has 2 rings (SSSR count). The van der Waals surface area contributed by atoms with Crippen LogP contribution in [-0.2, 0) is 12.7 Å². The first kappa shape index (κ1) is 14.0. The number of hydrogen-bond donors (Lipinski definition) is 2. The molecule has 0 bridgehead atoms. The van der Waals surface area contributed by atoms with Crippen molar-refractivity contribution in [3.05, 3.63) is 53.5 Å². The second-order valence-corrected chi connectivity index (χ2v) is 4.11. The van der Waals surface area contributed by atoms with Crippen LogP contribution in [0.5, 0.6) is 0 Å². The maximum Gasteiger partial charge on any atom is 0.416 e. The molecule has 7 heteroatoms. The standard InChI is InChI=1S/C13H11F3N2O2/c14-13(15,16)9-1-2-11(17)10(5-9)12(19)18-6-8-3-4-20-7-8/h1-5,7H,6,17H2,(H,18,19). The molecule has 0 atom stereocenters. The van der Waals surface area contributed by atoms with Crippen molar-refractivity contribution in [2.24, 2.45) is 0 Å². The summed E-state index contributed by atoms with van der Waals surface area (Å²) in [5.74, 6) is -0.671. The molecule has 20 heavy (non-hydrogen) atoms. The van der Waals surface area contributed by atoms with E-state index < -0.39 is 17.6 Å². The Hall–Kier alpha value is -2.44. The van der Waals surface area contributed by atoms with Crippen molar-refractivity contribution >= 4 is 11.6 Å². The summed E-state index contributed by atoms with van der Waals surface area (Å²) >= 11 is 0. The van der Waals surface area contributed by atoms with Gasteiger partial charge in [0.2, 0.25) is 0 Å². The van der Waals surface area contributed by atoms with Gasteiger partial charge in [-0.25, -0.2) is 0 Å². The van der Waals surface area contributed by atoms with E-state index >= 15 is 0 Å². The summed E-state index contributed by atoms with van der Waals surface area (Å²) in [4.78, 5) is 11.9. The van der Waals surface area contributed by atoms with E-state index in [4.69, 9.17) is 10.2 Å². The zero-order valence-corrected chi connectivity index (χ0v) is 10.2. The smallest absolute Gasteiger partial charge is 0.416 e. The molecule has 0 spiro atoms. The van der Waals surface area contributed by atoms with Gasteiger partial charge >= 0.3 is 6.18 Å². The molecule has 2 aromatic rings. The number of nitrogens with two attached hydrogens (primary N) is 1. The van der Waals surface area contributed by atoms with E-state index in [9.17, 15) is 18.0 Å². The third-order valence-corrected chi connectivity index (χ3v) is 2.66. The molecule has 0 radical (unpaired) electrons. The van der Waals surface area contributed by atoms with Crippen molar-refractivity contribution in [1.29, 1.82) is 0 Å². The summed E-state index contributed by atoms with van der Waals surface area (Å²) < 4.78 is 42.6. The van der Waals surface area contributed by atoms with Gasteiger partial charge in [-0.05, 0) is 24.3 Å². The quantitative estimate of drug-likeness (QED) is 0.852. The number of hydrogen-bond acceptors (Lipinski definition) is 3. The van der Waals surface area contributed by atoms with Gasteiger partial charge in [0.15, 0.2) is 0 Å². The van der Waals surface area contributed by atoms with Gasteiger partial charge in [0, 0.05) is 17.8 Å². The van der Waals surface area contributed by atoms with Crippen LogP contribution in [-0.4, -0.2) is 5.91 Å². The Morgan fingerprint density at radius 2 is 2.05 bits per heavy atom. The van der Waals surface area contributed by atoms with Gasteiger partial charge in [0.1, 0.15) is 0 Å². The Morgan fingerprint density at radius 1 is 1.30 bits per heavy atom. The zero-order valence-electron chi connectivity index (χ0n) is 10.2. The van der Waals surface area contributed by atoms with E-state index in [2.05, 4.69) is 5.32 Å². The summed E-state index contributed by atoms with van der Waals surface area (Å²) in [5, 5.41) is 2.47. The minimum atomic E-state index is -4.52. The van der Waals surface area contributed by atoms with Crippen LogP contribution >= 0.6 is 0 Å². The van der Waals surface area contributed by atoms with Crippen LogP contribution in [0.1, 0.15) is 21.5 Å². The summed E-state index contributed by atoms with van der Waals surface area (Å²) in [6.45, 7) is 0.144. The fraction of sp³-hybridized carbons (Fsp3) is 0.154. The number of furan rings is 1. The lowest BCUT2D eigenvalue weighted by molar-refractivity contribution is -0.137. The van der Waals surface area contributed by atoms with Crippen molar-refractivity contribution in [1.82, 2.24) is 5.32 Å². The first-order chi connectivity index (χ1) is 9.38. The van der Waals surface area contributed by atoms with Gasteiger partial charge in [0.05, 0.1) is 23.7 Å². The first-order valence-electron chi connectivity index (χ1n) is 5.64. The minimum absolute atomic E-state index is 0.0114. The third-order valence-electron chi connectivity index (χ3n) is 2.66. The highest BCUT2D eigenvalue weighted by molar-refractivity contribution is 5.99. The fourth-order valence-electron chi connectivity index (χ4n) is 1.60. The molecular weight excluding hydrogens is 273 g/mol. The second-order valence-electron chi connectivity index (χ2n) is 4.11. The molecule has 0 saturated heterocycles. The minimum Gasteiger partial charge on any atom is -0.472 e. The third kappa shape index (κ3) is 3.11. The predicted molar refractivity (Wildman–Crippen MR) is 65.7 cm³/mol. The lowest BCUT2D eigenvalue weighted by Gasteiger charge is -2.11. The van der Waals surface area contributed by atoms with Gasteiger partial charge in [-0.3, -0.25) is 4.79 Å². The summed E-state index contributed by atoms with van der Waals surface area (Å²) in [5.41, 5.74) is 5.10. The highest BCUT2D eigenvalue weighted by Gasteiger charge is 2.31. The molecule has 106 valence electrons. The number of rotatable bonds is 3. The van der Waals surface area contributed by atoms with E-state index in [0.717, 1.165) is 18.2 Å². The number of halogens is 3. The molecule has 0 saturated carbocycles. The van der Waals surface area contributed by atoms with Crippen LogP contribution in [0.15, 0.2) is 41.2 Å². The molecule has 0 unspecified atom stereocenters. The van der Waals surface area contributed by atoms with E-state index in [0.29, 0.717) is 5.56 Å². The Kier molecular flexibility index (Phi) is 3.69. The Labute approximate surface area is 112 Å². The van der Waals surface area contributed by atoms with Crippen molar-refractivity contribution in [2.45, 2.75) is 12.7 Å². The van der Waals surface area contributed by atoms with Crippen LogP contribution < -0.4 is 11.1 Å². The molecule has 0 aliphatic heterocycles. The highest BCUT2D eigenvalue weighted by atomic mass is 19.4. The number of carbonyl (C=O) groups excluding carboxylic acids is 1. The predicted octanol–water partition coefficient (Wildman–Crippen LogP) is 2.81. The lowest BCUT2D eigenvalue weighted by atomic mass is 10.1. The number of alkyl halides is 3. The zero-order chi connectivity index (χ0) is 14.8. The van der Waals surface area contributed by atoms with Crippen LogP contribution in [0.2, 0.25) is 0 Å². The van der Waals surface area contributed by atoms with Crippen molar-refractivity contribution in [3.63, 3.8) is 0 Å². The molecule has 1 aromatic heterocycles. The van der Waals surface area contributed by atoms with Crippen molar-refractivity contribution < 1.29 is 22.4 Å². The number of nitrogen functional groups attached to an aromatic ring is 1. The molecule has 3 N–H and O–H groups in total. The topological polar surface area (TPSA) is 68.3 Å². The van der Waals surface area contributed by atoms with Crippen LogP contribution in [0.25, 0.3) is 0 Å². The number of benzene rings is 1. The average molecular weight is 284 g/mol. The SMILES string of the molecule is Nc1ccc(C(F)(F)F)cc1C(=O)NCc1ccoc1. The normalized spacial score (nSPS) is 11.3. The van der Waals surface area contributed by atoms with Crippen LogP contribution in [0, 0.1) is 0 Å². The molecule has 0 aliphatic rings. The van der Waals surface area contributed by atoms with Crippen LogP contribution in [0.3, 0.4) is 0 Å². The first-order valence-corrected chi connectivity index (χ1v) is 5.64. The Balaban J connectivity index is 2.16. The van der Waals surface area contributed by atoms with E-state index in [1.165, 1.54) is 12.5 Å².